The SMILES string of the molecule is CO/N=C/c1cc2ccccc2n1C1CCN(C2CCC(C(C)C)CC2)CC1. The summed E-state index contributed by atoms with van der Waals surface area (Å²) in [6.45, 7) is 7.22. The maximum Gasteiger partial charge on any atom is 0.106 e. The van der Waals surface area contributed by atoms with Gasteiger partial charge >= 0.3 is 0 Å². The monoisotopic (exact) mass is 381 g/mol. The minimum atomic E-state index is 0.543. The van der Waals surface area contributed by atoms with Crippen LogP contribution in [0.1, 0.15) is 64.1 Å². The van der Waals surface area contributed by atoms with Crippen molar-refractivity contribution in [2.75, 3.05) is 20.2 Å². The Hall–Kier alpha value is -1.81. The minimum Gasteiger partial charge on any atom is -0.399 e. The second kappa shape index (κ2) is 8.69. The van der Waals surface area contributed by atoms with E-state index in [9.17, 15) is 0 Å². The zero-order valence-corrected chi connectivity index (χ0v) is 17.7. The molecule has 28 heavy (non-hydrogen) atoms. The van der Waals surface area contributed by atoms with E-state index in [1.165, 1.54) is 62.5 Å². The van der Waals surface area contributed by atoms with Crippen molar-refractivity contribution in [3.63, 3.8) is 0 Å². The van der Waals surface area contributed by atoms with E-state index in [1.54, 1.807) is 7.11 Å². The van der Waals surface area contributed by atoms with Crippen molar-refractivity contribution in [1.82, 2.24) is 9.47 Å². The van der Waals surface area contributed by atoms with Crippen molar-refractivity contribution in [3.8, 4) is 0 Å². The molecule has 152 valence electrons. The van der Waals surface area contributed by atoms with Crippen LogP contribution in [0.25, 0.3) is 10.9 Å². The molecule has 2 aliphatic rings. The lowest BCUT2D eigenvalue weighted by Gasteiger charge is -2.42. The van der Waals surface area contributed by atoms with Crippen molar-refractivity contribution in [3.05, 3.63) is 36.0 Å². The van der Waals surface area contributed by atoms with Gasteiger partial charge in [-0.15, -0.1) is 0 Å². The number of rotatable bonds is 5. The maximum absolute atomic E-state index is 4.95. The van der Waals surface area contributed by atoms with Gasteiger partial charge in [-0.3, -0.25) is 0 Å². The molecule has 4 rings (SSSR count). The summed E-state index contributed by atoms with van der Waals surface area (Å²) in [6, 6.07) is 12.3. The first-order valence-electron chi connectivity index (χ1n) is 11.1. The Labute approximate surface area is 169 Å². The molecule has 2 aromatic rings. The molecule has 1 saturated carbocycles. The summed E-state index contributed by atoms with van der Waals surface area (Å²) in [5.41, 5.74) is 2.47. The molecular formula is C24H35N3O. The third-order valence-corrected chi connectivity index (χ3v) is 7.13. The molecule has 2 heterocycles. The maximum atomic E-state index is 4.95. The molecule has 4 heteroatoms. The first-order chi connectivity index (χ1) is 13.7. The Morgan fingerprint density at radius 2 is 1.71 bits per heavy atom. The van der Waals surface area contributed by atoms with Gasteiger partial charge in [0.2, 0.25) is 0 Å². The molecule has 1 aromatic heterocycles. The Bertz CT molecular complexity index is 793. The Kier molecular flexibility index (Phi) is 6.05. The number of oxime groups is 1. The summed E-state index contributed by atoms with van der Waals surface area (Å²) >= 11 is 0. The topological polar surface area (TPSA) is 29.8 Å². The highest BCUT2D eigenvalue weighted by Crippen LogP contribution is 2.35. The van der Waals surface area contributed by atoms with Crippen LogP contribution < -0.4 is 0 Å². The van der Waals surface area contributed by atoms with Gasteiger partial charge in [0, 0.05) is 36.1 Å². The number of fused-ring (bicyclic) bond motifs is 1. The summed E-state index contributed by atoms with van der Waals surface area (Å²) in [5.74, 6) is 1.79. The van der Waals surface area contributed by atoms with Crippen LogP contribution in [0.5, 0.6) is 0 Å². The highest BCUT2D eigenvalue weighted by molar-refractivity contribution is 5.90. The van der Waals surface area contributed by atoms with E-state index in [-0.39, 0.29) is 0 Å². The quantitative estimate of drug-likeness (QED) is 0.507. The minimum absolute atomic E-state index is 0.543. The molecule has 0 unspecified atom stereocenters. The standard InChI is InChI=1S/C24H35N3O/c1-18(2)19-8-10-21(11-9-19)26-14-12-22(13-15-26)27-23(17-25-28-3)16-20-6-4-5-7-24(20)27/h4-7,16-19,21-22H,8-15H2,1-3H3/b25-17+. The van der Waals surface area contributed by atoms with Gasteiger partial charge in [0.15, 0.2) is 0 Å². The number of hydrogen-bond acceptors (Lipinski definition) is 3. The summed E-state index contributed by atoms with van der Waals surface area (Å²) < 4.78 is 2.49. The number of hydrogen-bond donors (Lipinski definition) is 0. The second-order valence-corrected chi connectivity index (χ2v) is 8.99. The lowest BCUT2D eigenvalue weighted by atomic mass is 9.79. The second-order valence-electron chi connectivity index (χ2n) is 8.99. The fourth-order valence-electron chi connectivity index (χ4n) is 5.45. The van der Waals surface area contributed by atoms with Crippen molar-refractivity contribution in [2.45, 2.75) is 64.5 Å². The van der Waals surface area contributed by atoms with Crippen LogP contribution in [0.15, 0.2) is 35.5 Å². The highest BCUT2D eigenvalue weighted by atomic mass is 16.6. The van der Waals surface area contributed by atoms with Gasteiger partial charge < -0.3 is 14.3 Å². The van der Waals surface area contributed by atoms with Crippen LogP contribution in [-0.4, -0.2) is 41.9 Å². The molecular weight excluding hydrogens is 346 g/mol. The average molecular weight is 382 g/mol. The molecule has 1 saturated heterocycles. The van der Waals surface area contributed by atoms with Gasteiger partial charge in [-0.05, 0) is 62.5 Å². The summed E-state index contributed by atoms with van der Waals surface area (Å²) in [5, 5.41) is 5.33. The number of para-hydroxylation sites is 1. The van der Waals surface area contributed by atoms with Crippen molar-refractivity contribution >= 4 is 17.1 Å². The fraction of sp³-hybridized carbons (Fsp3) is 0.625. The molecule has 0 bridgehead atoms. The van der Waals surface area contributed by atoms with Gasteiger partial charge in [-0.2, -0.15) is 0 Å². The molecule has 0 amide bonds. The van der Waals surface area contributed by atoms with Crippen molar-refractivity contribution in [2.24, 2.45) is 17.0 Å². The van der Waals surface area contributed by atoms with Crippen LogP contribution in [0, 0.1) is 11.8 Å². The molecule has 1 aromatic carbocycles. The number of nitrogens with zero attached hydrogens (tertiary/aromatic N) is 3. The predicted octanol–water partition coefficient (Wildman–Crippen LogP) is 5.47. The molecule has 0 N–H and O–H groups in total. The van der Waals surface area contributed by atoms with Crippen molar-refractivity contribution in [1.29, 1.82) is 0 Å². The molecule has 2 fully saturated rings. The third kappa shape index (κ3) is 3.98. The molecule has 0 atom stereocenters. The highest BCUT2D eigenvalue weighted by Gasteiger charge is 2.31. The zero-order valence-electron chi connectivity index (χ0n) is 17.7. The van der Waals surface area contributed by atoms with Gasteiger partial charge in [-0.1, -0.05) is 37.2 Å². The van der Waals surface area contributed by atoms with E-state index in [2.05, 4.69) is 58.8 Å². The third-order valence-electron chi connectivity index (χ3n) is 7.13. The zero-order chi connectivity index (χ0) is 19.5. The molecule has 4 nitrogen and oxygen atoms in total. The Morgan fingerprint density at radius 3 is 2.39 bits per heavy atom. The molecule has 0 radical (unpaired) electrons. The van der Waals surface area contributed by atoms with Crippen LogP contribution in [0.2, 0.25) is 0 Å². The van der Waals surface area contributed by atoms with Gasteiger partial charge in [-0.25, -0.2) is 0 Å². The number of aromatic nitrogens is 1. The Balaban J connectivity index is 1.45. The van der Waals surface area contributed by atoms with E-state index in [0.717, 1.165) is 23.6 Å². The van der Waals surface area contributed by atoms with Gasteiger partial charge in [0.1, 0.15) is 7.11 Å². The van der Waals surface area contributed by atoms with E-state index in [0.29, 0.717) is 6.04 Å². The van der Waals surface area contributed by atoms with Crippen LogP contribution in [0.4, 0.5) is 0 Å². The van der Waals surface area contributed by atoms with Crippen molar-refractivity contribution < 1.29 is 4.84 Å². The van der Waals surface area contributed by atoms with E-state index in [1.807, 2.05) is 6.21 Å². The van der Waals surface area contributed by atoms with Crippen LogP contribution in [0.3, 0.4) is 0 Å². The first-order valence-corrected chi connectivity index (χ1v) is 11.1. The lowest BCUT2D eigenvalue weighted by Crippen LogP contribution is -2.44. The van der Waals surface area contributed by atoms with Crippen LogP contribution in [-0.2, 0) is 4.84 Å². The van der Waals surface area contributed by atoms with Crippen LogP contribution >= 0.6 is 0 Å². The first kappa shape index (κ1) is 19.5. The molecule has 1 aliphatic carbocycles. The summed E-state index contributed by atoms with van der Waals surface area (Å²) in [4.78, 5) is 7.73. The normalized spacial score (nSPS) is 25.1. The molecule has 1 aliphatic heterocycles. The number of piperidine rings is 1. The Morgan fingerprint density at radius 1 is 1.00 bits per heavy atom. The lowest BCUT2D eigenvalue weighted by molar-refractivity contribution is 0.0893. The number of benzene rings is 1. The van der Waals surface area contributed by atoms with E-state index >= 15 is 0 Å². The number of likely N-dealkylation sites (tertiary alicyclic amines) is 1. The fourth-order valence-corrected chi connectivity index (χ4v) is 5.45. The predicted molar refractivity (Wildman–Crippen MR) is 117 cm³/mol. The smallest absolute Gasteiger partial charge is 0.106 e. The summed E-state index contributed by atoms with van der Waals surface area (Å²) in [6.07, 6.45) is 9.93. The molecule has 0 spiro atoms. The summed E-state index contributed by atoms with van der Waals surface area (Å²) in [7, 11) is 1.61. The van der Waals surface area contributed by atoms with E-state index < -0.39 is 0 Å². The van der Waals surface area contributed by atoms with E-state index in [4.69, 9.17) is 4.84 Å². The van der Waals surface area contributed by atoms with Gasteiger partial charge in [0.25, 0.3) is 0 Å². The average Bonchev–Trinajstić information content (AvgIpc) is 3.10. The van der Waals surface area contributed by atoms with Gasteiger partial charge in [0.05, 0.1) is 11.9 Å². The largest absolute Gasteiger partial charge is 0.399 e.